The molecule has 2 atom stereocenters. The summed E-state index contributed by atoms with van der Waals surface area (Å²) < 4.78 is 0. The monoisotopic (exact) mass is 357 g/mol. The van der Waals surface area contributed by atoms with Crippen molar-refractivity contribution in [3.8, 4) is 0 Å². The first-order chi connectivity index (χ1) is 13.2. The van der Waals surface area contributed by atoms with Crippen LogP contribution in [0, 0.1) is 5.41 Å². The molecular formula is C24H23NO2. The van der Waals surface area contributed by atoms with Gasteiger partial charge >= 0.3 is 5.97 Å². The van der Waals surface area contributed by atoms with E-state index in [1.54, 1.807) is 0 Å². The molecule has 0 amide bonds. The molecule has 0 N–H and O–H groups in total. The van der Waals surface area contributed by atoms with Crippen LogP contribution in [0.25, 0.3) is 0 Å². The van der Waals surface area contributed by atoms with Crippen LogP contribution in [0.2, 0.25) is 0 Å². The highest BCUT2D eigenvalue weighted by molar-refractivity contribution is 5.79. The van der Waals surface area contributed by atoms with Gasteiger partial charge in [-0.05, 0) is 30.0 Å². The van der Waals surface area contributed by atoms with Gasteiger partial charge in [-0.25, -0.2) is 4.79 Å². The Bertz CT molecular complexity index is 895. The number of carbonyl (C=O) groups is 1. The predicted molar refractivity (Wildman–Crippen MR) is 106 cm³/mol. The van der Waals surface area contributed by atoms with Gasteiger partial charge in [-0.2, -0.15) is 0 Å². The maximum atomic E-state index is 13.0. The lowest BCUT2D eigenvalue weighted by Crippen LogP contribution is -2.34. The first-order valence-electron chi connectivity index (χ1n) is 9.29. The molecular weight excluding hydrogens is 334 g/mol. The van der Waals surface area contributed by atoms with E-state index in [0.29, 0.717) is 13.0 Å². The van der Waals surface area contributed by atoms with E-state index >= 15 is 0 Å². The molecule has 3 aromatic carbocycles. The minimum absolute atomic E-state index is 0.147. The zero-order valence-corrected chi connectivity index (χ0v) is 15.4. The highest BCUT2D eigenvalue weighted by atomic mass is 16.7. The van der Waals surface area contributed by atoms with E-state index in [0.717, 1.165) is 16.7 Å². The number of rotatable bonds is 5. The topological polar surface area (TPSA) is 29.5 Å². The van der Waals surface area contributed by atoms with Crippen molar-refractivity contribution in [2.45, 2.75) is 25.9 Å². The smallest absolute Gasteiger partial charge is 0.333 e. The normalized spacial score (nSPS) is 22.6. The number of carbonyl (C=O) groups excluding carboxylic acids is 1. The number of hydrogen-bond donors (Lipinski definition) is 0. The average Bonchev–Trinajstić information content (AvgIpc) is 2.93. The lowest BCUT2D eigenvalue weighted by Gasteiger charge is -2.30. The quantitative estimate of drug-likeness (QED) is 0.647. The molecule has 27 heavy (non-hydrogen) atoms. The van der Waals surface area contributed by atoms with Crippen molar-refractivity contribution < 1.29 is 9.63 Å². The third-order valence-electron chi connectivity index (χ3n) is 5.27. The largest absolute Gasteiger partial charge is 0.366 e. The minimum Gasteiger partial charge on any atom is -0.366 e. The second-order valence-electron chi connectivity index (χ2n) is 7.33. The van der Waals surface area contributed by atoms with E-state index < -0.39 is 5.41 Å². The van der Waals surface area contributed by atoms with E-state index in [-0.39, 0.29) is 12.0 Å². The molecule has 4 rings (SSSR count). The molecule has 0 bridgehead atoms. The molecule has 3 aromatic rings. The zero-order chi connectivity index (χ0) is 18.7. The van der Waals surface area contributed by atoms with Gasteiger partial charge < -0.3 is 4.84 Å². The first kappa shape index (κ1) is 17.5. The fraction of sp³-hybridized carbons (Fsp3) is 0.208. The molecule has 1 aliphatic rings. The summed E-state index contributed by atoms with van der Waals surface area (Å²) in [6.07, 6.45) is 0.636. The van der Waals surface area contributed by atoms with Crippen LogP contribution in [0.1, 0.15) is 29.7 Å². The SMILES string of the molecule is C[C@]1(Cc2ccccc2)C(=O)ON(Cc2ccccc2)[C@@H]1c1ccccc1. The molecule has 0 saturated carbocycles. The van der Waals surface area contributed by atoms with E-state index in [1.807, 2.05) is 66.6 Å². The molecule has 0 aliphatic carbocycles. The number of nitrogens with zero attached hydrogens (tertiary/aromatic N) is 1. The Kier molecular flexibility index (Phi) is 4.78. The van der Waals surface area contributed by atoms with Gasteiger partial charge in [0.1, 0.15) is 0 Å². The van der Waals surface area contributed by atoms with Crippen LogP contribution < -0.4 is 0 Å². The van der Waals surface area contributed by atoms with Crippen molar-refractivity contribution in [2.24, 2.45) is 5.41 Å². The van der Waals surface area contributed by atoms with Crippen LogP contribution in [0.3, 0.4) is 0 Å². The molecule has 1 saturated heterocycles. The highest BCUT2D eigenvalue weighted by Gasteiger charge is 2.54. The van der Waals surface area contributed by atoms with Gasteiger partial charge in [0, 0.05) is 0 Å². The predicted octanol–water partition coefficient (Wildman–Crippen LogP) is 4.95. The third kappa shape index (κ3) is 3.51. The second-order valence-corrected chi connectivity index (χ2v) is 7.33. The Morgan fingerprint density at radius 3 is 1.93 bits per heavy atom. The van der Waals surface area contributed by atoms with E-state index in [9.17, 15) is 4.79 Å². The fourth-order valence-corrected chi connectivity index (χ4v) is 3.94. The molecule has 3 heteroatoms. The maximum Gasteiger partial charge on any atom is 0.333 e. The van der Waals surface area contributed by atoms with Crippen molar-refractivity contribution in [2.75, 3.05) is 0 Å². The first-order valence-corrected chi connectivity index (χ1v) is 9.29. The van der Waals surface area contributed by atoms with Crippen molar-refractivity contribution >= 4 is 5.97 Å². The van der Waals surface area contributed by atoms with E-state index in [2.05, 4.69) is 36.4 Å². The number of benzene rings is 3. The van der Waals surface area contributed by atoms with Crippen molar-refractivity contribution in [3.63, 3.8) is 0 Å². The van der Waals surface area contributed by atoms with Gasteiger partial charge in [-0.15, -0.1) is 5.06 Å². The molecule has 0 unspecified atom stereocenters. The maximum absolute atomic E-state index is 13.0. The molecule has 1 heterocycles. The minimum atomic E-state index is -0.655. The molecule has 1 aliphatic heterocycles. The molecule has 0 spiro atoms. The van der Waals surface area contributed by atoms with Gasteiger partial charge in [0.25, 0.3) is 0 Å². The van der Waals surface area contributed by atoms with Crippen molar-refractivity contribution in [1.29, 1.82) is 0 Å². The molecule has 0 aromatic heterocycles. The Balaban J connectivity index is 1.71. The van der Waals surface area contributed by atoms with Crippen LogP contribution in [0.5, 0.6) is 0 Å². The number of hydrogen-bond acceptors (Lipinski definition) is 3. The molecule has 1 fully saturated rings. The number of hydroxylamine groups is 2. The highest BCUT2D eigenvalue weighted by Crippen LogP contribution is 2.48. The molecule has 0 radical (unpaired) electrons. The van der Waals surface area contributed by atoms with Crippen LogP contribution in [-0.2, 0) is 22.6 Å². The summed E-state index contributed by atoms with van der Waals surface area (Å²) in [6.45, 7) is 2.58. The van der Waals surface area contributed by atoms with Gasteiger partial charge in [0.15, 0.2) is 0 Å². The second kappa shape index (κ2) is 7.37. The van der Waals surface area contributed by atoms with Gasteiger partial charge in [0.05, 0.1) is 18.0 Å². The van der Waals surface area contributed by atoms with Crippen LogP contribution in [0.15, 0.2) is 91.0 Å². The Morgan fingerprint density at radius 1 is 0.815 bits per heavy atom. The summed E-state index contributed by atoms with van der Waals surface area (Å²) in [6, 6.07) is 30.3. The van der Waals surface area contributed by atoms with Crippen molar-refractivity contribution in [3.05, 3.63) is 108 Å². The lowest BCUT2D eigenvalue weighted by molar-refractivity contribution is -0.179. The van der Waals surface area contributed by atoms with Crippen molar-refractivity contribution in [1.82, 2.24) is 5.06 Å². The zero-order valence-electron chi connectivity index (χ0n) is 15.4. The fourth-order valence-electron chi connectivity index (χ4n) is 3.94. The molecule has 3 nitrogen and oxygen atoms in total. The summed E-state index contributed by atoms with van der Waals surface area (Å²) >= 11 is 0. The summed E-state index contributed by atoms with van der Waals surface area (Å²) in [5.41, 5.74) is 2.70. The summed E-state index contributed by atoms with van der Waals surface area (Å²) in [4.78, 5) is 18.8. The Hall–Kier alpha value is -2.91. The van der Waals surface area contributed by atoms with Crippen LogP contribution >= 0.6 is 0 Å². The van der Waals surface area contributed by atoms with Gasteiger partial charge in [0.2, 0.25) is 0 Å². The van der Waals surface area contributed by atoms with E-state index in [4.69, 9.17) is 4.84 Å². The third-order valence-corrected chi connectivity index (χ3v) is 5.27. The van der Waals surface area contributed by atoms with E-state index in [1.165, 1.54) is 0 Å². The van der Waals surface area contributed by atoms with Crippen LogP contribution in [-0.4, -0.2) is 11.0 Å². The van der Waals surface area contributed by atoms with Gasteiger partial charge in [-0.3, -0.25) is 0 Å². The average molecular weight is 357 g/mol. The van der Waals surface area contributed by atoms with Gasteiger partial charge in [-0.1, -0.05) is 91.0 Å². The summed E-state index contributed by atoms with van der Waals surface area (Å²) in [7, 11) is 0. The Labute approximate surface area is 160 Å². The Morgan fingerprint density at radius 2 is 1.33 bits per heavy atom. The summed E-state index contributed by atoms with van der Waals surface area (Å²) in [5.74, 6) is -0.170. The lowest BCUT2D eigenvalue weighted by atomic mass is 9.75. The molecule has 136 valence electrons. The standard InChI is InChI=1S/C24H23NO2/c1-24(17-19-11-5-2-6-12-19)22(21-15-9-4-10-16-21)25(27-23(24)26)18-20-13-7-3-8-14-20/h2-16,22H,17-18H2,1H3/t22-,24-/m1/s1. The summed E-state index contributed by atoms with van der Waals surface area (Å²) in [5, 5.41) is 1.84. The van der Waals surface area contributed by atoms with Crippen LogP contribution in [0.4, 0.5) is 0 Å².